The normalized spacial score (nSPS) is 16.8. The zero-order chi connectivity index (χ0) is 22.9. The highest BCUT2D eigenvalue weighted by Crippen LogP contribution is 2.47. The van der Waals surface area contributed by atoms with Crippen molar-refractivity contribution in [3.63, 3.8) is 0 Å². The summed E-state index contributed by atoms with van der Waals surface area (Å²) in [5, 5.41) is 10.9. The maximum Gasteiger partial charge on any atom is 0.331 e. The average molecular weight is 466 g/mol. The summed E-state index contributed by atoms with van der Waals surface area (Å²) in [6, 6.07) is 13.5. The minimum absolute atomic E-state index is 0.0359. The van der Waals surface area contributed by atoms with Crippen LogP contribution < -0.4 is 20.7 Å². The molecule has 33 heavy (non-hydrogen) atoms. The number of nitrogens with one attached hydrogen (secondary N) is 1. The fourth-order valence-electron chi connectivity index (χ4n) is 4.01. The molecule has 3 aromatic rings. The van der Waals surface area contributed by atoms with Gasteiger partial charge in [-0.05, 0) is 36.2 Å². The van der Waals surface area contributed by atoms with Gasteiger partial charge in [0.25, 0.3) is 5.56 Å². The Kier molecular flexibility index (Phi) is 5.72. The number of aromatic hydroxyl groups is 1. The molecule has 3 heterocycles. The molecule has 1 atom stereocenters. The molecule has 1 unspecified atom stereocenters. The van der Waals surface area contributed by atoms with Crippen LogP contribution in [0.25, 0.3) is 0 Å². The standard InChI is InChI=1S/C24H23N3O5S/c1-2-3-10-27-23(29)21(22(28)26-24(27)30)16-12-20(33-19-7-5-4-6-15(19)25-16)14-8-9-17-18(11-14)32-13-31-17/h4-9,11,20,29H,2-3,10,12-13H2,1H3,(H,26,28,30). The van der Waals surface area contributed by atoms with Gasteiger partial charge >= 0.3 is 5.69 Å². The Morgan fingerprint density at radius 2 is 2.00 bits per heavy atom. The Bertz CT molecular complexity index is 1360. The van der Waals surface area contributed by atoms with E-state index in [1.54, 1.807) is 11.8 Å². The number of H-pyrrole nitrogens is 1. The number of aliphatic imine (C=N–C) groups is 1. The molecule has 0 saturated carbocycles. The van der Waals surface area contributed by atoms with Crippen molar-refractivity contribution >= 4 is 23.2 Å². The number of ether oxygens (including phenoxy) is 2. The van der Waals surface area contributed by atoms with E-state index in [2.05, 4.69) is 4.98 Å². The highest BCUT2D eigenvalue weighted by Gasteiger charge is 2.28. The molecule has 0 radical (unpaired) electrons. The van der Waals surface area contributed by atoms with Crippen LogP contribution in [-0.4, -0.2) is 27.2 Å². The van der Waals surface area contributed by atoms with E-state index in [0.29, 0.717) is 42.3 Å². The van der Waals surface area contributed by atoms with E-state index in [1.165, 1.54) is 4.57 Å². The number of unbranched alkanes of at least 4 members (excludes halogenated alkanes) is 1. The Morgan fingerprint density at radius 3 is 2.85 bits per heavy atom. The summed E-state index contributed by atoms with van der Waals surface area (Å²) in [4.78, 5) is 33.3. The van der Waals surface area contributed by atoms with Crippen LogP contribution in [0.4, 0.5) is 5.69 Å². The zero-order valence-corrected chi connectivity index (χ0v) is 18.9. The molecular weight excluding hydrogens is 442 g/mol. The maximum absolute atomic E-state index is 12.9. The predicted molar refractivity (Wildman–Crippen MR) is 126 cm³/mol. The van der Waals surface area contributed by atoms with E-state index in [9.17, 15) is 14.7 Å². The topological polar surface area (TPSA) is 106 Å². The number of hydrogen-bond acceptors (Lipinski definition) is 7. The van der Waals surface area contributed by atoms with Gasteiger partial charge in [-0.2, -0.15) is 0 Å². The molecule has 2 N–H and O–H groups in total. The first kappa shape index (κ1) is 21.4. The lowest BCUT2D eigenvalue weighted by Gasteiger charge is -2.17. The first-order valence-corrected chi connectivity index (χ1v) is 11.7. The first-order chi connectivity index (χ1) is 16.0. The number of aromatic nitrogens is 2. The van der Waals surface area contributed by atoms with Crippen LogP contribution in [0, 0.1) is 0 Å². The minimum atomic E-state index is -0.641. The maximum atomic E-state index is 12.9. The van der Waals surface area contributed by atoms with Crippen molar-refractivity contribution in [1.82, 2.24) is 9.55 Å². The summed E-state index contributed by atoms with van der Waals surface area (Å²) >= 11 is 1.63. The van der Waals surface area contributed by atoms with Crippen LogP contribution in [0.3, 0.4) is 0 Å². The van der Waals surface area contributed by atoms with Crippen molar-refractivity contribution in [2.75, 3.05) is 6.79 Å². The first-order valence-electron chi connectivity index (χ1n) is 10.8. The van der Waals surface area contributed by atoms with Crippen LogP contribution in [0.5, 0.6) is 17.4 Å². The zero-order valence-electron chi connectivity index (χ0n) is 18.0. The van der Waals surface area contributed by atoms with Crippen LogP contribution in [0.2, 0.25) is 0 Å². The number of para-hydroxylation sites is 1. The minimum Gasteiger partial charge on any atom is -0.494 e. The molecule has 170 valence electrons. The molecule has 5 rings (SSSR count). The van der Waals surface area contributed by atoms with E-state index >= 15 is 0 Å². The van der Waals surface area contributed by atoms with E-state index in [4.69, 9.17) is 14.5 Å². The molecule has 0 fully saturated rings. The molecular formula is C24H23N3O5S. The number of hydrogen-bond donors (Lipinski definition) is 2. The average Bonchev–Trinajstić information content (AvgIpc) is 3.18. The molecule has 1 aromatic heterocycles. The highest BCUT2D eigenvalue weighted by atomic mass is 32.2. The Hall–Kier alpha value is -3.46. The predicted octanol–water partition coefficient (Wildman–Crippen LogP) is 4.13. The van der Waals surface area contributed by atoms with Gasteiger partial charge in [-0.25, -0.2) is 4.79 Å². The second-order valence-electron chi connectivity index (χ2n) is 7.91. The molecule has 0 amide bonds. The summed E-state index contributed by atoms with van der Waals surface area (Å²) < 4.78 is 12.2. The van der Waals surface area contributed by atoms with Gasteiger partial charge in [0.05, 0.1) is 11.4 Å². The fourth-order valence-corrected chi connectivity index (χ4v) is 5.23. The Labute approximate surface area is 193 Å². The third-order valence-corrected chi connectivity index (χ3v) is 7.06. The van der Waals surface area contributed by atoms with Gasteiger partial charge in [-0.3, -0.25) is 19.3 Å². The van der Waals surface area contributed by atoms with Crippen molar-refractivity contribution in [2.45, 2.75) is 42.9 Å². The molecule has 2 aromatic carbocycles. The second kappa shape index (κ2) is 8.82. The van der Waals surface area contributed by atoms with Crippen molar-refractivity contribution in [2.24, 2.45) is 4.99 Å². The Balaban J connectivity index is 1.63. The van der Waals surface area contributed by atoms with Crippen molar-refractivity contribution in [3.05, 3.63) is 74.4 Å². The monoisotopic (exact) mass is 465 g/mol. The summed E-state index contributed by atoms with van der Waals surface area (Å²) in [5.41, 5.74) is 0.909. The van der Waals surface area contributed by atoms with E-state index in [0.717, 1.165) is 16.9 Å². The lowest BCUT2D eigenvalue weighted by Crippen LogP contribution is -2.34. The third-order valence-electron chi connectivity index (χ3n) is 5.73. The summed E-state index contributed by atoms with van der Waals surface area (Å²) in [5.74, 6) is 1.03. The number of benzene rings is 2. The van der Waals surface area contributed by atoms with E-state index < -0.39 is 11.2 Å². The van der Waals surface area contributed by atoms with E-state index in [1.807, 2.05) is 49.4 Å². The SMILES string of the molecule is CCCCn1c(O)c(C2=Nc3ccccc3SC(c3ccc4c(c3)OCO4)C2)c(=O)[nH]c1=O. The van der Waals surface area contributed by atoms with Gasteiger partial charge in [-0.1, -0.05) is 31.5 Å². The number of nitrogens with zero attached hydrogens (tertiary/aromatic N) is 2. The molecule has 2 aliphatic rings. The lowest BCUT2D eigenvalue weighted by atomic mass is 10.0. The van der Waals surface area contributed by atoms with Gasteiger partial charge in [0.15, 0.2) is 11.5 Å². The van der Waals surface area contributed by atoms with Gasteiger partial charge < -0.3 is 14.6 Å². The number of thioether (sulfide) groups is 1. The van der Waals surface area contributed by atoms with Crippen molar-refractivity contribution in [3.8, 4) is 17.4 Å². The Morgan fingerprint density at radius 1 is 1.18 bits per heavy atom. The number of fused-ring (bicyclic) bond motifs is 2. The summed E-state index contributed by atoms with van der Waals surface area (Å²) in [6.07, 6.45) is 1.92. The number of aromatic amines is 1. The second-order valence-corrected chi connectivity index (χ2v) is 9.16. The van der Waals surface area contributed by atoms with Gasteiger partial charge in [0, 0.05) is 23.1 Å². The van der Waals surface area contributed by atoms with E-state index in [-0.39, 0.29) is 23.5 Å². The van der Waals surface area contributed by atoms with Gasteiger partial charge in [0.1, 0.15) is 5.56 Å². The smallest absolute Gasteiger partial charge is 0.331 e. The summed E-state index contributed by atoms with van der Waals surface area (Å²) in [6.45, 7) is 2.50. The van der Waals surface area contributed by atoms with Crippen molar-refractivity contribution < 1.29 is 14.6 Å². The summed E-state index contributed by atoms with van der Waals surface area (Å²) in [7, 11) is 0. The van der Waals surface area contributed by atoms with Gasteiger partial charge in [-0.15, -0.1) is 11.8 Å². The van der Waals surface area contributed by atoms with Crippen molar-refractivity contribution in [1.29, 1.82) is 0 Å². The third kappa shape index (κ3) is 4.04. The lowest BCUT2D eigenvalue weighted by molar-refractivity contribution is 0.174. The number of rotatable bonds is 5. The molecule has 8 nitrogen and oxygen atoms in total. The molecule has 2 aliphatic heterocycles. The van der Waals surface area contributed by atoms with Crippen LogP contribution in [0.15, 0.2) is 61.9 Å². The fraction of sp³-hybridized carbons (Fsp3) is 0.292. The molecule has 9 heteroatoms. The highest BCUT2D eigenvalue weighted by molar-refractivity contribution is 7.99. The van der Waals surface area contributed by atoms with Gasteiger partial charge in [0.2, 0.25) is 12.7 Å². The molecule has 0 saturated heterocycles. The largest absolute Gasteiger partial charge is 0.494 e. The molecule has 0 aliphatic carbocycles. The van der Waals surface area contributed by atoms with Crippen LogP contribution >= 0.6 is 11.8 Å². The molecule has 0 bridgehead atoms. The quantitative estimate of drug-likeness (QED) is 0.587. The molecule has 0 spiro atoms. The van der Waals surface area contributed by atoms with Crippen LogP contribution in [0.1, 0.15) is 42.6 Å². The van der Waals surface area contributed by atoms with Crippen LogP contribution in [-0.2, 0) is 6.54 Å².